The maximum absolute atomic E-state index is 12.8. The first-order chi connectivity index (χ1) is 9.97. The van der Waals surface area contributed by atoms with E-state index in [4.69, 9.17) is 11.6 Å². The largest absolute Gasteiger partial charge is 0.252 e. The predicted molar refractivity (Wildman–Crippen MR) is 87.5 cm³/mol. The van der Waals surface area contributed by atoms with Crippen molar-refractivity contribution < 1.29 is 8.42 Å². The molecule has 118 valence electrons. The normalized spacial score (nSPS) is 23.0. The Bertz CT molecular complexity index is 608. The van der Waals surface area contributed by atoms with Gasteiger partial charge in [-0.15, -0.1) is 22.9 Å². The summed E-state index contributed by atoms with van der Waals surface area (Å²) in [4.78, 5) is 0.958. The summed E-state index contributed by atoms with van der Waals surface area (Å²) in [6.07, 6.45) is 7.26. The predicted octanol–water partition coefficient (Wildman–Crippen LogP) is 4.14. The molecule has 2 fully saturated rings. The van der Waals surface area contributed by atoms with E-state index in [1.165, 1.54) is 37.0 Å². The Labute approximate surface area is 136 Å². The van der Waals surface area contributed by atoms with E-state index in [1.807, 2.05) is 6.92 Å². The van der Waals surface area contributed by atoms with E-state index in [9.17, 15) is 8.42 Å². The Morgan fingerprint density at radius 2 is 1.86 bits per heavy atom. The number of alkyl halides is 1. The molecule has 0 unspecified atom stereocenters. The summed E-state index contributed by atoms with van der Waals surface area (Å²) >= 11 is 7.19. The van der Waals surface area contributed by atoms with Gasteiger partial charge in [-0.25, -0.2) is 8.42 Å². The second-order valence-corrected chi connectivity index (χ2v) is 9.99. The summed E-state index contributed by atoms with van der Waals surface area (Å²) in [6.45, 7) is 3.28. The van der Waals surface area contributed by atoms with Crippen molar-refractivity contribution in [3.8, 4) is 0 Å². The Kier molecular flexibility index (Phi) is 4.39. The molecule has 2 aliphatic rings. The molecule has 1 aliphatic carbocycles. The summed E-state index contributed by atoms with van der Waals surface area (Å²) in [7, 11) is -3.33. The molecule has 1 aliphatic heterocycles. The van der Waals surface area contributed by atoms with Gasteiger partial charge in [-0.3, -0.25) is 0 Å². The van der Waals surface area contributed by atoms with Gasteiger partial charge in [0.15, 0.2) is 0 Å². The summed E-state index contributed by atoms with van der Waals surface area (Å²) in [6, 6.07) is 1.78. The minimum atomic E-state index is -3.33. The molecule has 1 spiro atoms. The first-order valence-electron chi connectivity index (χ1n) is 7.62. The zero-order chi connectivity index (χ0) is 15.1. The van der Waals surface area contributed by atoms with Gasteiger partial charge in [0.25, 0.3) is 10.0 Å². The van der Waals surface area contributed by atoms with E-state index < -0.39 is 10.0 Å². The first-order valence-corrected chi connectivity index (χ1v) is 10.4. The van der Waals surface area contributed by atoms with E-state index in [0.717, 1.165) is 23.3 Å². The first kappa shape index (κ1) is 15.8. The van der Waals surface area contributed by atoms with Gasteiger partial charge in [0.1, 0.15) is 4.21 Å². The summed E-state index contributed by atoms with van der Waals surface area (Å²) in [5.74, 6) is 0.384. The molecule has 0 radical (unpaired) electrons. The Morgan fingerprint density at radius 3 is 2.38 bits per heavy atom. The molecule has 3 nitrogen and oxygen atoms in total. The molecule has 1 aromatic heterocycles. The summed E-state index contributed by atoms with van der Waals surface area (Å²) < 4.78 is 27.7. The summed E-state index contributed by atoms with van der Waals surface area (Å²) in [5, 5.41) is 0. The average Bonchev–Trinajstić information content (AvgIpc) is 3.07. The number of sulfonamides is 1. The molecule has 6 heteroatoms. The molecule has 1 aromatic rings. The van der Waals surface area contributed by atoms with Gasteiger partial charge >= 0.3 is 0 Å². The van der Waals surface area contributed by atoms with E-state index in [1.54, 1.807) is 10.4 Å². The number of hydrogen-bond acceptors (Lipinski definition) is 3. The lowest BCUT2D eigenvalue weighted by Crippen LogP contribution is -2.41. The third-order valence-corrected chi connectivity index (χ3v) is 9.17. The number of nitrogens with zero attached hydrogens (tertiary/aromatic N) is 1. The van der Waals surface area contributed by atoms with E-state index in [-0.39, 0.29) is 0 Å². The van der Waals surface area contributed by atoms with Crippen molar-refractivity contribution in [2.24, 2.45) is 5.41 Å². The van der Waals surface area contributed by atoms with Crippen LogP contribution in [0, 0.1) is 12.3 Å². The van der Waals surface area contributed by atoms with Crippen LogP contribution in [0.3, 0.4) is 0 Å². The number of halogens is 1. The Hall–Kier alpha value is -0.100. The standard InChI is InChI=1S/C15H22ClNO2S2/c1-12-10-14(20-13(12)11-16)21(18,19)17-8-6-15(7-9-17)4-2-3-5-15/h10H,2-9,11H2,1H3. The van der Waals surface area contributed by atoms with Crippen LogP contribution in [0.2, 0.25) is 0 Å². The minimum absolute atomic E-state index is 0.384. The van der Waals surface area contributed by atoms with Crippen molar-refractivity contribution in [1.29, 1.82) is 0 Å². The molecular formula is C15H22ClNO2S2. The Balaban J connectivity index is 1.76. The highest BCUT2D eigenvalue weighted by molar-refractivity contribution is 7.91. The van der Waals surface area contributed by atoms with Crippen molar-refractivity contribution >= 4 is 33.0 Å². The number of piperidine rings is 1. The van der Waals surface area contributed by atoms with Gasteiger partial charge in [-0.1, -0.05) is 12.8 Å². The van der Waals surface area contributed by atoms with Crippen LogP contribution in [0.4, 0.5) is 0 Å². The van der Waals surface area contributed by atoms with Crippen LogP contribution in [0.25, 0.3) is 0 Å². The van der Waals surface area contributed by atoms with E-state index in [0.29, 0.717) is 28.6 Å². The maximum Gasteiger partial charge on any atom is 0.252 e. The van der Waals surface area contributed by atoms with Crippen molar-refractivity contribution in [2.45, 2.75) is 55.5 Å². The highest BCUT2D eigenvalue weighted by Crippen LogP contribution is 2.47. The van der Waals surface area contributed by atoms with E-state index in [2.05, 4.69) is 0 Å². The second kappa shape index (κ2) is 5.84. The molecule has 1 saturated carbocycles. The zero-order valence-electron chi connectivity index (χ0n) is 12.4. The van der Waals surface area contributed by atoms with Gasteiger partial charge in [-0.05, 0) is 49.7 Å². The monoisotopic (exact) mass is 347 g/mol. The molecule has 21 heavy (non-hydrogen) atoms. The van der Waals surface area contributed by atoms with Gasteiger partial charge in [0.05, 0.1) is 5.88 Å². The lowest BCUT2D eigenvalue weighted by atomic mass is 9.78. The molecule has 1 saturated heterocycles. The van der Waals surface area contributed by atoms with Gasteiger partial charge < -0.3 is 0 Å². The van der Waals surface area contributed by atoms with Crippen LogP contribution in [0.1, 0.15) is 49.0 Å². The molecule has 0 atom stereocenters. The van der Waals surface area contributed by atoms with Crippen LogP contribution < -0.4 is 0 Å². The molecule has 0 N–H and O–H groups in total. The van der Waals surface area contributed by atoms with Crippen molar-refractivity contribution in [1.82, 2.24) is 4.31 Å². The topological polar surface area (TPSA) is 37.4 Å². The lowest BCUT2D eigenvalue weighted by Gasteiger charge is -2.38. The third kappa shape index (κ3) is 2.90. The van der Waals surface area contributed by atoms with Crippen LogP contribution >= 0.6 is 22.9 Å². The molecule has 2 heterocycles. The van der Waals surface area contributed by atoms with Gasteiger partial charge in [0.2, 0.25) is 0 Å². The fourth-order valence-corrected chi connectivity index (χ4v) is 7.11. The highest BCUT2D eigenvalue weighted by Gasteiger charge is 2.40. The van der Waals surface area contributed by atoms with E-state index >= 15 is 0 Å². The van der Waals surface area contributed by atoms with Crippen molar-refractivity contribution in [3.63, 3.8) is 0 Å². The van der Waals surface area contributed by atoms with Crippen molar-refractivity contribution in [2.75, 3.05) is 13.1 Å². The highest BCUT2D eigenvalue weighted by atomic mass is 35.5. The number of rotatable bonds is 3. The van der Waals surface area contributed by atoms with Crippen molar-refractivity contribution in [3.05, 3.63) is 16.5 Å². The molecule has 0 aromatic carbocycles. The van der Waals surface area contributed by atoms with Crippen LogP contribution in [-0.4, -0.2) is 25.8 Å². The molecule has 0 bridgehead atoms. The van der Waals surface area contributed by atoms with Crippen LogP contribution in [0.5, 0.6) is 0 Å². The van der Waals surface area contributed by atoms with Crippen LogP contribution in [-0.2, 0) is 15.9 Å². The van der Waals surface area contributed by atoms with Crippen LogP contribution in [0.15, 0.2) is 10.3 Å². The third-order valence-electron chi connectivity index (χ3n) is 5.16. The number of aryl methyl sites for hydroxylation is 1. The maximum atomic E-state index is 12.8. The summed E-state index contributed by atoms with van der Waals surface area (Å²) in [5.41, 5.74) is 1.43. The average molecular weight is 348 g/mol. The molecule has 0 amide bonds. The smallest absolute Gasteiger partial charge is 0.206 e. The fraction of sp³-hybridized carbons (Fsp3) is 0.733. The molecule has 3 rings (SSSR count). The lowest BCUT2D eigenvalue weighted by molar-refractivity contribution is 0.160. The number of hydrogen-bond donors (Lipinski definition) is 0. The minimum Gasteiger partial charge on any atom is -0.206 e. The molecular weight excluding hydrogens is 326 g/mol. The Morgan fingerprint density at radius 1 is 1.24 bits per heavy atom. The van der Waals surface area contributed by atoms with Gasteiger partial charge in [-0.2, -0.15) is 4.31 Å². The fourth-order valence-electron chi connectivity index (χ4n) is 3.70. The quantitative estimate of drug-likeness (QED) is 0.770. The zero-order valence-corrected chi connectivity index (χ0v) is 14.8. The second-order valence-electron chi connectivity index (χ2n) is 6.42. The SMILES string of the molecule is Cc1cc(S(=O)(=O)N2CCC3(CCCC3)CC2)sc1CCl. The van der Waals surface area contributed by atoms with Gasteiger partial charge in [0, 0.05) is 18.0 Å². The number of thiophene rings is 1.